The van der Waals surface area contributed by atoms with Crippen LogP contribution in [-0.4, -0.2) is 33.8 Å². The fourth-order valence-corrected chi connectivity index (χ4v) is 2.16. The van der Waals surface area contributed by atoms with Crippen LogP contribution in [0.5, 0.6) is 0 Å². The number of nitrogens with two attached hydrogens (primary N) is 1. The van der Waals surface area contributed by atoms with Gasteiger partial charge < -0.3 is 5.73 Å². The van der Waals surface area contributed by atoms with Crippen molar-refractivity contribution >= 4 is 11.6 Å². The van der Waals surface area contributed by atoms with E-state index in [2.05, 4.69) is 10.00 Å². The number of aromatic nitrogens is 2. The Hall–Kier alpha value is -0.580. The second-order valence-electron chi connectivity index (χ2n) is 4.18. The molecular formula is C10H17ClN4. The van der Waals surface area contributed by atoms with Gasteiger partial charge in [-0.1, -0.05) is 11.6 Å². The maximum atomic E-state index is 6.06. The van der Waals surface area contributed by atoms with Gasteiger partial charge in [0.15, 0.2) is 0 Å². The summed E-state index contributed by atoms with van der Waals surface area (Å²) in [6.07, 6.45) is 3.86. The Morgan fingerprint density at radius 3 is 2.73 bits per heavy atom. The number of hydrogen-bond acceptors (Lipinski definition) is 3. The highest BCUT2D eigenvalue weighted by Crippen LogP contribution is 2.18. The van der Waals surface area contributed by atoms with E-state index in [1.165, 1.54) is 0 Å². The molecule has 4 nitrogen and oxygen atoms in total. The highest BCUT2D eigenvalue weighted by molar-refractivity contribution is 6.31. The van der Waals surface area contributed by atoms with E-state index in [1.807, 2.05) is 11.7 Å². The molecule has 0 unspecified atom stereocenters. The number of likely N-dealkylation sites (tertiary alicyclic amines) is 1. The predicted molar refractivity (Wildman–Crippen MR) is 60.7 cm³/mol. The maximum Gasteiger partial charge on any atom is 0.0831 e. The first kappa shape index (κ1) is 10.9. The Balaban J connectivity index is 1.97. The highest BCUT2D eigenvalue weighted by Gasteiger charge is 2.18. The van der Waals surface area contributed by atoms with Crippen LogP contribution in [-0.2, 0) is 13.6 Å². The molecule has 0 radical (unpaired) electrons. The second kappa shape index (κ2) is 4.51. The summed E-state index contributed by atoms with van der Waals surface area (Å²) in [4.78, 5) is 2.38. The maximum absolute atomic E-state index is 6.06. The normalized spacial score (nSPS) is 19.7. The first-order chi connectivity index (χ1) is 7.16. The van der Waals surface area contributed by atoms with E-state index in [-0.39, 0.29) is 0 Å². The van der Waals surface area contributed by atoms with E-state index in [0.717, 1.165) is 43.2 Å². The molecule has 15 heavy (non-hydrogen) atoms. The van der Waals surface area contributed by atoms with Crippen molar-refractivity contribution in [1.29, 1.82) is 0 Å². The zero-order chi connectivity index (χ0) is 10.8. The monoisotopic (exact) mass is 228 g/mol. The molecule has 1 aliphatic rings. The van der Waals surface area contributed by atoms with Gasteiger partial charge in [-0.2, -0.15) is 5.10 Å². The molecule has 5 heteroatoms. The molecule has 1 aromatic rings. The minimum Gasteiger partial charge on any atom is -0.328 e. The first-order valence-corrected chi connectivity index (χ1v) is 5.69. The lowest BCUT2D eigenvalue weighted by Gasteiger charge is -2.29. The molecule has 0 aliphatic carbocycles. The lowest BCUT2D eigenvalue weighted by atomic mass is 10.1. The summed E-state index contributed by atoms with van der Waals surface area (Å²) in [6, 6.07) is 0.378. The van der Waals surface area contributed by atoms with Crippen molar-refractivity contribution < 1.29 is 0 Å². The standard InChI is InChI=1S/C10H17ClN4/c1-14-10(9(11)6-13-14)7-15-4-2-8(12)3-5-15/h6,8H,2-5,7,12H2,1H3. The van der Waals surface area contributed by atoms with Gasteiger partial charge >= 0.3 is 0 Å². The summed E-state index contributed by atoms with van der Waals surface area (Å²) < 4.78 is 1.84. The van der Waals surface area contributed by atoms with E-state index in [9.17, 15) is 0 Å². The third-order valence-corrected chi connectivity index (χ3v) is 3.33. The van der Waals surface area contributed by atoms with Gasteiger partial charge in [0.05, 0.1) is 16.9 Å². The minimum atomic E-state index is 0.378. The zero-order valence-corrected chi connectivity index (χ0v) is 9.74. The Kier molecular flexibility index (Phi) is 3.29. The average molecular weight is 229 g/mol. The number of aryl methyl sites for hydroxylation is 1. The van der Waals surface area contributed by atoms with Crippen LogP contribution in [0.15, 0.2) is 6.20 Å². The Morgan fingerprint density at radius 1 is 1.53 bits per heavy atom. The molecule has 0 spiro atoms. The van der Waals surface area contributed by atoms with Crippen molar-refractivity contribution in [3.8, 4) is 0 Å². The summed E-state index contributed by atoms with van der Waals surface area (Å²) in [5.74, 6) is 0. The molecule has 0 saturated carbocycles. The number of rotatable bonds is 2. The number of nitrogens with zero attached hydrogens (tertiary/aromatic N) is 3. The third kappa shape index (κ3) is 2.51. The Morgan fingerprint density at radius 2 is 2.20 bits per heavy atom. The van der Waals surface area contributed by atoms with E-state index in [0.29, 0.717) is 6.04 Å². The summed E-state index contributed by atoms with van der Waals surface area (Å²) in [6.45, 7) is 2.99. The fraction of sp³-hybridized carbons (Fsp3) is 0.700. The lowest BCUT2D eigenvalue weighted by Crippen LogP contribution is -2.39. The van der Waals surface area contributed by atoms with Crippen LogP contribution >= 0.6 is 11.6 Å². The summed E-state index contributed by atoms with van der Waals surface area (Å²) in [5, 5.41) is 4.89. The van der Waals surface area contributed by atoms with E-state index < -0.39 is 0 Å². The van der Waals surface area contributed by atoms with E-state index in [1.54, 1.807) is 6.20 Å². The molecule has 1 aromatic heterocycles. The quantitative estimate of drug-likeness (QED) is 0.822. The SMILES string of the molecule is Cn1ncc(Cl)c1CN1CCC(N)CC1. The minimum absolute atomic E-state index is 0.378. The van der Waals surface area contributed by atoms with Crippen LogP contribution in [0.4, 0.5) is 0 Å². The molecule has 84 valence electrons. The topological polar surface area (TPSA) is 47.1 Å². The second-order valence-corrected chi connectivity index (χ2v) is 4.58. The predicted octanol–water partition coefficient (Wildman–Crippen LogP) is 0.997. The molecule has 0 amide bonds. The van der Waals surface area contributed by atoms with Gasteiger partial charge in [0.2, 0.25) is 0 Å². The molecule has 2 rings (SSSR count). The van der Waals surface area contributed by atoms with Gasteiger partial charge in [0.1, 0.15) is 0 Å². The van der Waals surface area contributed by atoms with Gasteiger partial charge in [-0.05, 0) is 12.8 Å². The van der Waals surface area contributed by atoms with Crippen LogP contribution in [0.25, 0.3) is 0 Å². The molecule has 1 aliphatic heterocycles. The number of halogens is 1. The van der Waals surface area contributed by atoms with Gasteiger partial charge in [0.25, 0.3) is 0 Å². The molecule has 2 N–H and O–H groups in total. The molecular weight excluding hydrogens is 212 g/mol. The fourth-order valence-electron chi connectivity index (χ4n) is 1.94. The van der Waals surface area contributed by atoms with Gasteiger partial charge in [-0.25, -0.2) is 0 Å². The third-order valence-electron chi connectivity index (χ3n) is 3.02. The zero-order valence-electron chi connectivity index (χ0n) is 8.99. The highest BCUT2D eigenvalue weighted by atomic mass is 35.5. The van der Waals surface area contributed by atoms with Gasteiger partial charge in [-0.15, -0.1) is 0 Å². The lowest BCUT2D eigenvalue weighted by molar-refractivity contribution is 0.201. The molecule has 0 atom stereocenters. The van der Waals surface area contributed by atoms with Crippen molar-refractivity contribution in [1.82, 2.24) is 14.7 Å². The molecule has 2 heterocycles. The van der Waals surface area contributed by atoms with Gasteiger partial charge in [-0.3, -0.25) is 9.58 Å². The van der Waals surface area contributed by atoms with Crippen LogP contribution in [0, 0.1) is 0 Å². The van der Waals surface area contributed by atoms with Crippen molar-refractivity contribution in [3.05, 3.63) is 16.9 Å². The molecule has 1 saturated heterocycles. The molecule has 0 aromatic carbocycles. The average Bonchev–Trinajstić information content (AvgIpc) is 2.53. The summed E-state index contributed by atoms with van der Waals surface area (Å²) in [7, 11) is 1.93. The van der Waals surface area contributed by atoms with E-state index >= 15 is 0 Å². The van der Waals surface area contributed by atoms with Crippen molar-refractivity contribution in [2.75, 3.05) is 13.1 Å². The molecule has 1 fully saturated rings. The largest absolute Gasteiger partial charge is 0.328 e. The van der Waals surface area contributed by atoms with Crippen LogP contribution in [0.3, 0.4) is 0 Å². The van der Waals surface area contributed by atoms with Crippen LogP contribution in [0.2, 0.25) is 5.02 Å². The van der Waals surface area contributed by atoms with E-state index in [4.69, 9.17) is 17.3 Å². The van der Waals surface area contributed by atoms with Crippen molar-refractivity contribution in [3.63, 3.8) is 0 Å². The van der Waals surface area contributed by atoms with Crippen LogP contribution < -0.4 is 5.73 Å². The smallest absolute Gasteiger partial charge is 0.0831 e. The van der Waals surface area contributed by atoms with Gasteiger partial charge in [0, 0.05) is 32.7 Å². The van der Waals surface area contributed by atoms with Crippen molar-refractivity contribution in [2.24, 2.45) is 12.8 Å². The summed E-state index contributed by atoms with van der Waals surface area (Å²) >= 11 is 6.06. The van der Waals surface area contributed by atoms with Crippen molar-refractivity contribution in [2.45, 2.75) is 25.4 Å². The molecule has 0 bridgehead atoms. The number of hydrogen-bond donors (Lipinski definition) is 1. The Labute approximate surface area is 95.0 Å². The first-order valence-electron chi connectivity index (χ1n) is 5.31. The Bertz CT molecular complexity index is 309. The van der Waals surface area contributed by atoms with Crippen LogP contribution in [0.1, 0.15) is 18.5 Å². The summed E-state index contributed by atoms with van der Waals surface area (Å²) in [5.41, 5.74) is 6.95. The number of piperidine rings is 1.